The molecular weight excluding hydrogens is 264 g/mol. The van der Waals surface area contributed by atoms with Gasteiger partial charge in [-0.05, 0) is 23.8 Å². The highest BCUT2D eigenvalue weighted by atomic mass is 35.5. The van der Waals surface area contributed by atoms with Crippen molar-refractivity contribution in [2.45, 2.75) is 13.2 Å². The van der Waals surface area contributed by atoms with E-state index in [2.05, 4.69) is 10.3 Å². The number of anilines is 1. The molecular formula is C14H15ClN2O2. The molecule has 0 atom stereocenters. The van der Waals surface area contributed by atoms with E-state index in [1.165, 1.54) is 0 Å². The minimum Gasteiger partial charge on any atom is -0.496 e. The molecule has 1 heterocycles. The van der Waals surface area contributed by atoms with E-state index in [0.29, 0.717) is 22.9 Å². The maximum Gasteiger partial charge on any atom is 0.126 e. The van der Waals surface area contributed by atoms with Gasteiger partial charge < -0.3 is 15.2 Å². The number of hydrogen-bond donors (Lipinski definition) is 2. The van der Waals surface area contributed by atoms with E-state index >= 15 is 0 Å². The van der Waals surface area contributed by atoms with E-state index in [-0.39, 0.29) is 6.61 Å². The molecule has 2 rings (SSSR count). The van der Waals surface area contributed by atoms with Crippen LogP contribution < -0.4 is 10.1 Å². The minimum atomic E-state index is -0.104. The van der Waals surface area contributed by atoms with E-state index < -0.39 is 0 Å². The fourth-order valence-corrected chi connectivity index (χ4v) is 1.99. The van der Waals surface area contributed by atoms with Crippen molar-refractivity contribution in [2.75, 3.05) is 12.4 Å². The number of nitrogens with zero attached hydrogens (tertiary/aromatic N) is 1. The van der Waals surface area contributed by atoms with Gasteiger partial charge in [0.1, 0.15) is 5.75 Å². The quantitative estimate of drug-likeness (QED) is 0.883. The van der Waals surface area contributed by atoms with Gasteiger partial charge in [0.15, 0.2) is 0 Å². The number of benzene rings is 1. The van der Waals surface area contributed by atoms with Crippen molar-refractivity contribution in [3.05, 3.63) is 52.8 Å². The summed E-state index contributed by atoms with van der Waals surface area (Å²) in [6.07, 6.45) is 3.49. The molecule has 0 aliphatic rings. The third-order valence-corrected chi connectivity index (χ3v) is 3.09. The highest BCUT2D eigenvalue weighted by molar-refractivity contribution is 6.33. The average Bonchev–Trinajstić information content (AvgIpc) is 2.46. The molecule has 100 valence electrons. The first-order valence-electron chi connectivity index (χ1n) is 5.84. The maximum absolute atomic E-state index is 9.21. The molecule has 19 heavy (non-hydrogen) atoms. The summed E-state index contributed by atoms with van der Waals surface area (Å²) in [5.41, 5.74) is 2.55. The van der Waals surface area contributed by atoms with E-state index in [1.54, 1.807) is 31.6 Å². The molecule has 1 aromatic carbocycles. The number of methoxy groups -OCH3 is 1. The molecule has 4 nitrogen and oxygen atoms in total. The van der Waals surface area contributed by atoms with Gasteiger partial charge in [-0.25, -0.2) is 0 Å². The number of ether oxygens (including phenoxy) is 1. The SMILES string of the molecule is COc1cc(NCc2ccncc2)c(Cl)cc1CO. The second-order valence-corrected chi connectivity index (χ2v) is 4.42. The zero-order valence-corrected chi connectivity index (χ0v) is 11.3. The summed E-state index contributed by atoms with van der Waals surface area (Å²) in [5, 5.41) is 13.0. The zero-order chi connectivity index (χ0) is 13.7. The van der Waals surface area contributed by atoms with Crippen molar-refractivity contribution in [3.8, 4) is 5.75 Å². The Kier molecular flexibility index (Phi) is 4.60. The van der Waals surface area contributed by atoms with Crippen molar-refractivity contribution < 1.29 is 9.84 Å². The van der Waals surface area contributed by atoms with Crippen LogP contribution in [0.25, 0.3) is 0 Å². The molecule has 0 bridgehead atoms. The van der Waals surface area contributed by atoms with E-state index in [1.807, 2.05) is 12.1 Å². The number of aliphatic hydroxyl groups excluding tert-OH is 1. The van der Waals surface area contributed by atoms with Crippen molar-refractivity contribution in [1.82, 2.24) is 4.98 Å². The first-order valence-corrected chi connectivity index (χ1v) is 6.22. The third kappa shape index (κ3) is 3.36. The van der Waals surface area contributed by atoms with Gasteiger partial charge in [-0.15, -0.1) is 0 Å². The van der Waals surface area contributed by atoms with E-state index in [9.17, 15) is 5.11 Å². The van der Waals surface area contributed by atoms with Gasteiger partial charge in [-0.1, -0.05) is 11.6 Å². The predicted octanol–water partition coefficient (Wildman–Crippen LogP) is 2.85. The molecule has 0 fully saturated rings. The molecule has 0 aliphatic carbocycles. The lowest BCUT2D eigenvalue weighted by atomic mass is 10.2. The summed E-state index contributed by atoms with van der Waals surface area (Å²) in [5.74, 6) is 0.615. The third-order valence-electron chi connectivity index (χ3n) is 2.77. The lowest BCUT2D eigenvalue weighted by molar-refractivity contribution is 0.274. The van der Waals surface area contributed by atoms with Crippen LogP contribution in [0, 0.1) is 0 Å². The summed E-state index contributed by atoms with van der Waals surface area (Å²) in [6.45, 7) is 0.539. The predicted molar refractivity (Wildman–Crippen MR) is 75.5 cm³/mol. The highest BCUT2D eigenvalue weighted by Gasteiger charge is 2.08. The van der Waals surface area contributed by atoms with E-state index in [4.69, 9.17) is 16.3 Å². The van der Waals surface area contributed by atoms with Gasteiger partial charge in [0.25, 0.3) is 0 Å². The van der Waals surface area contributed by atoms with Crippen molar-refractivity contribution in [3.63, 3.8) is 0 Å². The molecule has 0 aliphatic heterocycles. The molecule has 0 saturated carbocycles. The lowest BCUT2D eigenvalue weighted by Crippen LogP contribution is -2.02. The van der Waals surface area contributed by atoms with Crippen molar-refractivity contribution >= 4 is 17.3 Å². The first kappa shape index (κ1) is 13.6. The summed E-state index contributed by atoms with van der Waals surface area (Å²) < 4.78 is 5.22. The van der Waals surface area contributed by atoms with Crippen LogP contribution in [0.2, 0.25) is 5.02 Å². The molecule has 0 unspecified atom stereocenters. The van der Waals surface area contributed by atoms with Crippen LogP contribution in [0.3, 0.4) is 0 Å². The molecule has 5 heteroatoms. The van der Waals surface area contributed by atoms with Crippen LogP contribution in [-0.4, -0.2) is 17.2 Å². The Morgan fingerprint density at radius 2 is 2.05 bits per heavy atom. The Morgan fingerprint density at radius 3 is 2.68 bits per heavy atom. The van der Waals surface area contributed by atoms with Crippen LogP contribution in [0.15, 0.2) is 36.7 Å². The number of halogens is 1. The standard InChI is InChI=1S/C14H15ClN2O2/c1-19-14-7-13(12(15)6-11(14)9-18)17-8-10-2-4-16-5-3-10/h2-7,17-18H,8-9H2,1H3. The minimum absolute atomic E-state index is 0.104. The fraction of sp³-hybridized carbons (Fsp3) is 0.214. The van der Waals surface area contributed by atoms with Gasteiger partial charge in [0, 0.05) is 30.6 Å². The topological polar surface area (TPSA) is 54.4 Å². The van der Waals surface area contributed by atoms with Gasteiger partial charge in [0.2, 0.25) is 0 Å². The smallest absolute Gasteiger partial charge is 0.126 e. The monoisotopic (exact) mass is 278 g/mol. The Hall–Kier alpha value is -1.78. The second kappa shape index (κ2) is 6.41. The fourth-order valence-electron chi connectivity index (χ4n) is 1.74. The van der Waals surface area contributed by atoms with Crippen molar-refractivity contribution in [1.29, 1.82) is 0 Å². The molecule has 0 radical (unpaired) electrons. The largest absolute Gasteiger partial charge is 0.496 e. The summed E-state index contributed by atoms with van der Waals surface area (Å²) in [4.78, 5) is 3.97. The average molecular weight is 279 g/mol. The highest BCUT2D eigenvalue weighted by Crippen LogP contribution is 2.31. The number of aromatic nitrogens is 1. The summed E-state index contributed by atoms with van der Waals surface area (Å²) in [6, 6.07) is 7.35. The van der Waals surface area contributed by atoms with Crippen LogP contribution >= 0.6 is 11.6 Å². The van der Waals surface area contributed by atoms with Crippen molar-refractivity contribution in [2.24, 2.45) is 0 Å². The molecule has 0 spiro atoms. The Bertz CT molecular complexity index is 547. The van der Waals surface area contributed by atoms with Crippen LogP contribution in [-0.2, 0) is 13.2 Å². The molecule has 2 aromatic rings. The van der Waals surface area contributed by atoms with Gasteiger partial charge in [-0.2, -0.15) is 0 Å². The Labute approximate surface area is 117 Å². The van der Waals surface area contributed by atoms with Crippen LogP contribution in [0.5, 0.6) is 5.75 Å². The molecule has 1 aromatic heterocycles. The normalized spacial score (nSPS) is 10.3. The first-order chi connectivity index (χ1) is 9.24. The summed E-state index contributed by atoms with van der Waals surface area (Å²) >= 11 is 6.16. The van der Waals surface area contributed by atoms with Gasteiger partial charge >= 0.3 is 0 Å². The zero-order valence-electron chi connectivity index (χ0n) is 10.6. The number of nitrogens with one attached hydrogen (secondary N) is 1. The van der Waals surface area contributed by atoms with Crippen LogP contribution in [0.1, 0.15) is 11.1 Å². The van der Waals surface area contributed by atoms with E-state index in [0.717, 1.165) is 11.3 Å². The Morgan fingerprint density at radius 1 is 1.32 bits per heavy atom. The summed E-state index contributed by atoms with van der Waals surface area (Å²) in [7, 11) is 1.56. The second-order valence-electron chi connectivity index (χ2n) is 4.01. The number of rotatable bonds is 5. The van der Waals surface area contributed by atoms with Gasteiger partial charge in [-0.3, -0.25) is 4.98 Å². The molecule has 0 saturated heterocycles. The molecule has 2 N–H and O–H groups in total. The Balaban J connectivity index is 2.16. The molecule has 0 amide bonds. The number of pyridine rings is 1. The maximum atomic E-state index is 9.21. The van der Waals surface area contributed by atoms with Crippen LogP contribution in [0.4, 0.5) is 5.69 Å². The number of aliphatic hydroxyl groups is 1. The lowest BCUT2D eigenvalue weighted by Gasteiger charge is -2.13. The number of hydrogen-bond acceptors (Lipinski definition) is 4. The van der Waals surface area contributed by atoms with Gasteiger partial charge in [0.05, 0.1) is 24.4 Å².